The van der Waals surface area contributed by atoms with E-state index in [0.717, 1.165) is 25.0 Å². The molecule has 0 fully saturated rings. The van der Waals surface area contributed by atoms with E-state index in [2.05, 4.69) is 5.10 Å². The number of para-hydroxylation sites is 1. The van der Waals surface area contributed by atoms with E-state index in [0.29, 0.717) is 22.5 Å². The van der Waals surface area contributed by atoms with E-state index in [9.17, 15) is 9.59 Å². The average Bonchev–Trinajstić information content (AvgIpc) is 3.53. The summed E-state index contributed by atoms with van der Waals surface area (Å²) in [5.41, 5.74) is 2.83. The average molecular weight is 433 g/mol. The van der Waals surface area contributed by atoms with E-state index in [1.165, 1.54) is 18.4 Å². The molecule has 0 radical (unpaired) electrons. The highest BCUT2D eigenvalue weighted by molar-refractivity contribution is 5.97. The van der Waals surface area contributed by atoms with E-state index in [1.54, 1.807) is 47.6 Å². The number of amides is 1. The normalized spacial score (nSPS) is 12.8. The zero-order valence-corrected chi connectivity index (χ0v) is 18.0. The molecule has 32 heavy (non-hydrogen) atoms. The minimum Gasteiger partial charge on any atom is -0.493 e. The Balaban J connectivity index is 1.54. The van der Waals surface area contributed by atoms with Crippen molar-refractivity contribution in [2.24, 2.45) is 7.05 Å². The van der Waals surface area contributed by atoms with Crippen molar-refractivity contribution in [2.75, 3.05) is 7.11 Å². The van der Waals surface area contributed by atoms with Crippen molar-refractivity contribution in [2.45, 2.75) is 32.4 Å². The summed E-state index contributed by atoms with van der Waals surface area (Å²) in [7, 11) is 3.43. The summed E-state index contributed by atoms with van der Waals surface area (Å²) in [6.07, 6.45) is 4.57. The summed E-state index contributed by atoms with van der Waals surface area (Å²) < 4.78 is 18.1. The summed E-state index contributed by atoms with van der Waals surface area (Å²) >= 11 is 0. The van der Waals surface area contributed by atoms with Gasteiger partial charge in [-0.25, -0.2) is 4.79 Å². The Morgan fingerprint density at radius 2 is 2.09 bits per heavy atom. The Morgan fingerprint density at radius 1 is 1.22 bits per heavy atom. The van der Waals surface area contributed by atoms with Crippen LogP contribution >= 0.6 is 0 Å². The summed E-state index contributed by atoms with van der Waals surface area (Å²) in [6.45, 7) is 0.491. The van der Waals surface area contributed by atoms with Crippen LogP contribution in [-0.2, 0) is 33.0 Å². The molecule has 0 saturated carbocycles. The number of fused-ring (bicyclic) bond motifs is 2. The van der Waals surface area contributed by atoms with E-state index in [4.69, 9.17) is 13.6 Å². The number of rotatable bonds is 6. The van der Waals surface area contributed by atoms with Crippen LogP contribution in [0, 0.1) is 0 Å². The molecule has 0 N–H and O–H groups in total. The van der Waals surface area contributed by atoms with Gasteiger partial charge in [0.05, 0.1) is 32.2 Å². The number of ether oxygens (including phenoxy) is 1. The van der Waals surface area contributed by atoms with Gasteiger partial charge in [0.2, 0.25) is 0 Å². The van der Waals surface area contributed by atoms with Crippen LogP contribution in [0.2, 0.25) is 0 Å². The van der Waals surface area contributed by atoms with Gasteiger partial charge in [-0.1, -0.05) is 12.1 Å². The third-order valence-electron chi connectivity index (χ3n) is 5.93. The molecule has 8 heteroatoms. The predicted molar refractivity (Wildman–Crippen MR) is 117 cm³/mol. The summed E-state index contributed by atoms with van der Waals surface area (Å²) in [6, 6.07) is 10.4. The molecule has 5 rings (SSSR count). The van der Waals surface area contributed by atoms with Crippen LogP contribution < -0.4 is 10.4 Å². The highest BCUT2D eigenvalue weighted by Crippen LogP contribution is 2.28. The molecule has 8 nitrogen and oxygen atoms in total. The lowest BCUT2D eigenvalue weighted by molar-refractivity contribution is 0.0710. The van der Waals surface area contributed by atoms with Crippen LogP contribution in [0.1, 0.15) is 39.5 Å². The summed E-state index contributed by atoms with van der Waals surface area (Å²) in [4.78, 5) is 27.9. The molecule has 0 spiro atoms. The monoisotopic (exact) mass is 433 g/mol. The maximum atomic E-state index is 13.6. The van der Waals surface area contributed by atoms with Gasteiger partial charge in [-0.3, -0.25) is 9.48 Å². The lowest BCUT2D eigenvalue weighted by Gasteiger charge is -2.21. The first kappa shape index (κ1) is 20.1. The molecule has 0 saturated heterocycles. The van der Waals surface area contributed by atoms with E-state index < -0.39 is 11.5 Å². The van der Waals surface area contributed by atoms with Gasteiger partial charge in [-0.05, 0) is 49.1 Å². The SMILES string of the molecule is COc1cccc2cc(C(=O)N(Cc3ccco3)Cc3nn(C)c4c3CCC4)c(=O)oc12. The van der Waals surface area contributed by atoms with E-state index >= 15 is 0 Å². The topological polar surface area (TPSA) is 90.7 Å². The van der Waals surface area contributed by atoms with Crippen molar-refractivity contribution in [3.8, 4) is 5.75 Å². The number of carbonyl (C=O) groups excluding carboxylic acids is 1. The zero-order valence-electron chi connectivity index (χ0n) is 18.0. The number of aryl methyl sites for hydroxylation is 1. The molecule has 1 amide bonds. The van der Waals surface area contributed by atoms with Gasteiger partial charge in [-0.2, -0.15) is 5.10 Å². The molecular formula is C24H23N3O5. The first-order valence-electron chi connectivity index (χ1n) is 10.5. The molecule has 4 aromatic rings. The molecule has 1 aromatic carbocycles. The minimum absolute atomic E-state index is 0.0371. The van der Waals surface area contributed by atoms with Crippen LogP contribution in [0.4, 0.5) is 0 Å². The van der Waals surface area contributed by atoms with Crippen molar-refractivity contribution in [1.82, 2.24) is 14.7 Å². The van der Waals surface area contributed by atoms with Gasteiger partial charge < -0.3 is 18.5 Å². The van der Waals surface area contributed by atoms with Crippen molar-refractivity contribution in [3.05, 3.63) is 81.4 Å². The standard InChI is InChI=1S/C24H23N3O5/c1-26-20-9-4-8-17(20)19(25-26)14-27(13-16-7-5-11-31-16)23(28)18-12-15-6-3-10-21(30-2)22(15)32-24(18)29/h3,5-7,10-12H,4,8-9,13-14H2,1-2H3. The first-order valence-corrected chi connectivity index (χ1v) is 10.5. The predicted octanol–water partition coefficient (Wildman–Crippen LogP) is 3.46. The number of furan rings is 1. The molecule has 1 aliphatic rings. The second-order valence-electron chi connectivity index (χ2n) is 7.92. The number of methoxy groups -OCH3 is 1. The van der Waals surface area contributed by atoms with Crippen LogP contribution in [0.25, 0.3) is 11.0 Å². The van der Waals surface area contributed by atoms with Crippen LogP contribution in [0.3, 0.4) is 0 Å². The van der Waals surface area contributed by atoms with Crippen molar-refractivity contribution in [1.29, 1.82) is 0 Å². The van der Waals surface area contributed by atoms with Gasteiger partial charge >= 0.3 is 5.63 Å². The molecule has 0 aliphatic heterocycles. The number of carbonyl (C=O) groups is 1. The van der Waals surface area contributed by atoms with Crippen molar-refractivity contribution in [3.63, 3.8) is 0 Å². The van der Waals surface area contributed by atoms with Crippen molar-refractivity contribution < 1.29 is 18.4 Å². The highest BCUT2D eigenvalue weighted by Gasteiger charge is 2.27. The maximum Gasteiger partial charge on any atom is 0.349 e. The fourth-order valence-corrected chi connectivity index (χ4v) is 4.39. The lowest BCUT2D eigenvalue weighted by Crippen LogP contribution is -2.33. The quantitative estimate of drug-likeness (QED) is 0.433. The number of aromatic nitrogens is 2. The lowest BCUT2D eigenvalue weighted by atomic mass is 10.1. The van der Waals surface area contributed by atoms with Gasteiger partial charge in [0.25, 0.3) is 5.91 Å². The second-order valence-corrected chi connectivity index (χ2v) is 7.92. The number of hydrogen-bond donors (Lipinski definition) is 0. The Bertz CT molecular complexity index is 1350. The second kappa shape index (κ2) is 8.03. The van der Waals surface area contributed by atoms with Crippen LogP contribution in [0.5, 0.6) is 5.75 Å². The molecule has 3 aromatic heterocycles. The Kier molecular flexibility index (Phi) is 5.05. The fourth-order valence-electron chi connectivity index (χ4n) is 4.39. The minimum atomic E-state index is -0.706. The zero-order chi connectivity index (χ0) is 22.2. The molecule has 0 atom stereocenters. The van der Waals surface area contributed by atoms with Gasteiger partial charge in [-0.15, -0.1) is 0 Å². The molecule has 1 aliphatic carbocycles. The summed E-state index contributed by atoms with van der Waals surface area (Å²) in [5, 5.41) is 5.26. The number of benzene rings is 1. The largest absolute Gasteiger partial charge is 0.493 e. The first-order chi connectivity index (χ1) is 15.5. The smallest absolute Gasteiger partial charge is 0.349 e. The van der Waals surface area contributed by atoms with E-state index in [-0.39, 0.29) is 18.7 Å². The fraction of sp³-hybridized carbons (Fsp3) is 0.292. The third-order valence-corrected chi connectivity index (χ3v) is 5.93. The molecule has 0 bridgehead atoms. The van der Waals surface area contributed by atoms with E-state index in [1.807, 2.05) is 11.7 Å². The molecule has 3 heterocycles. The Morgan fingerprint density at radius 3 is 2.88 bits per heavy atom. The van der Waals surface area contributed by atoms with Crippen LogP contribution in [0.15, 0.2) is 56.3 Å². The number of hydrogen-bond acceptors (Lipinski definition) is 6. The van der Waals surface area contributed by atoms with Gasteiger partial charge in [0.15, 0.2) is 11.3 Å². The Hall–Kier alpha value is -3.81. The van der Waals surface area contributed by atoms with Gasteiger partial charge in [0.1, 0.15) is 11.3 Å². The van der Waals surface area contributed by atoms with Crippen LogP contribution in [-0.4, -0.2) is 27.7 Å². The van der Waals surface area contributed by atoms with Crippen molar-refractivity contribution >= 4 is 16.9 Å². The molecular weight excluding hydrogens is 410 g/mol. The van der Waals surface area contributed by atoms with Gasteiger partial charge in [0, 0.05) is 18.1 Å². The number of nitrogens with zero attached hydrogens (tertiary/aromatic N) is 3. The third kappa shape index (κ3) is 3.47. The maximum absolute atomic E-state index is 13.6. The molecule has 0 unspecified atom stereocenters. The summed E-state index contributed by atoms with van der Waals surface area (Å²) in [5.74, 6) is 0.630. The Labute approximate surface area is 184 Å². The molecule has 164 valence electrons. The highest BCUT2D eigenvalue weighted by atomic mass is 16.5.